The van der Waals surface area contributed by atoms with Gasteiger partial charge in [-0.15, -0.1) is 0 Å². The van der Waals surface area contributed by atoms with E-state index < -0.39 is 5.54 Å². The van der Waals surface area contributed by atoms with Crippen molar-refractivity contribution in [1.82, 2.24) is 0 Å². The molecule has 4 nitrogen and oxygen atoms in total. The van der Waals surface area contributed by atoms with Gasteiger partial charge < -0.3 is 20.3 Å². The van der Waals surface area contributed by atoms with Gasteiger partial charge in [0, 0.05) is 10.6 Å². The van der Waals surface area contributed by atoms with E-state index in [0.717, 1.165) is 24.3 Å². The molecular weight excluding hydrogens is 326 g/mol. The fourth-order valence-corrected chi connectivity index (χ4v) is 2.24. The summed E-state index contributed by atoms with van der Waals surface area (Å²) in [4.78, 5) is 0. The highest BCUT2D eigenvalue weighted by molar-refractivity contribution is 6.30. The summed E-state index contributed by atoms with van der Waals surface area (Å²) in [5.41, 5.74) is 6.57. The van der Waals surface area contributed by atoms with Crippen molar-refractivity contribution in [3.63, 3.8) is 0 Å². The van der Waals surface area contributed by atoms with Gasteiger partial charge in [-0.3, -0.25) is 0 Å². The molecule has 0 saturated carbocycles. The molecule has 0 aliphatic carbocycles. The van der Waals surface area contributed by atoms with Crippen LogP contribution in [0.25, 0.3) is 0 Å². The lowest BCUT2D eigenvalue weighted by Crippen LogP contribution is -2.40. The Kier molecular flexibility index (Phi) is 6.91. The van der Waals surface area contributed by atoms with Gasteiger partial charge >= 0.3 is 0 Å². The molecule has 0 fully saturated rings. The molecule has 1 atom stereocenters. The minimum absolute atomic E-state index is 0.0121. The van der Waals surface area contributed by atoms with Gasteiger partial charge in [0.25, 0.3) is 0 Å². The van der Waals surface area contributed by atoms with Crippen molar-refractivity contribution in [3.8, 4) is 11.5 Å². The van der Waals surface area contributed by atoms with Crippen LogP contribution in [0, 0.1) is 0 Å². The Balaban J connectivity index is 1.70. The molecule has 0 aromatic heterocycles. The second-order valence-electron chi connectivity index (χ2n) is 6.11. The Hall–Kier alpha value is -1.75. The second-order valence-corrected chi connectivity index (χ2v) is 6.54. The normalized spacial score (nSPS) is 13.3. The van der Waals surface area contributed by atoms with Crippen molar-refractivity contribution in [2.24, 2.45) is 5.73 Å². The first-order chi connectivity index (χ1) is 11.5. The molecule has 24 heavy (non-hydrogen) atoms. The molecule has 0 heterocycles. The third-order valence-electron chi connectivity index (χ3n) is 3.70. The number of aryl methyl sites for hydroxylation is 1. The second kappa shape index (κ2) is 8.92. The van der Waals surface area contributed by atoms with Crippen molar-refractivity contribution in [2.75, 3.05) is 19.8 Å². The van der Waals surface area contributed by atoms with Gasteiger partial charge in [-0.2, -0.15) is 0 Å². The van der Waals surface area contributed by atoms with E-state index in [9.17, 15) is 0 Å². The minimum Gasteiger partial charge on any atom is -0.490 e. The van der Waals surface area contributed by atoms with Crippen LogP contribution >= 0.6 is 11.6 Å². The van der Waals surface area contributed by atoms with E-state index in [-0.39, 0.29) is 6.61 Å². The van der Waals surface area contributed by atoms with Crippen LogP contribution in [0.15, 0.2) is 48.5 Å². The largest absolute Gasteiger partial charge is 0.490 e. The minimum atomic E-state index is -0.534. The summed E-state index contributed by atoms with van der Waals surface area (Å²) in [6, 6.07) is 15.1. The molecule has 130 valence electrons. The zero-order chi connectivity index (χ0) is 17.4. The molecule has 0 aliphatic rings. The zero-order valence-corrected chi connectivity index (χ0v) is 14.6. The van der Waals surface area contributed by atoms with E-state index in [1.165, 1.54) is 5.56 Å². The lowest BCUT2D eigenvalue weighted by Gasteiger charge is -2.21. The molecule has 2 rings (SSSR count). The highest BCUT2D eigenvalue weighted by Gasteiger charge is 2.16. The van der Waals surface area contributed by atoms with Crippen LogP contribution in [0.2, 0.25) is 5.02 Å². The third-order valence-corrected chi connectivity index (χ3v) is 3.96. The van der Waals surface area contributed by atoms with Crippen molar-refractivity contribution in [1.29, 1.82) is 0 Å². The number of ether oxygens (including phenoxy) is 2. The Morgan fingerprint density at radius 1 is 0.958 bits per heavy atom. The molecular formula is C19H24ClNO3. The maximum absolute atomic E-state index is 9.17. The fraction of sp³-hybridized carbons (Fsp3) is 0.368. The van der Waals surface area contributed by atoms with Gasteiger partial charge in [-0.05, 0) is 61.7 Å². The lowest BCUT2D eigenvalue weighted by atomic mass is 9.95. The van der Waals surface area contributed by atoms with E-state index in [1.54, 1.807) is 12.1 Å². The first-order valence-electron chi connectivity index (χ1n) is 7.98. The van der Waals surface area contributed by atoms with Crippen molar-refractivity contribution in [3.05, 3.63) is 59.1 Å². The maximum atomic E-state index is 9.17. The Morgan fingerprint density at radius 2 is 1.46 bits per heavy atom. The number of aliphatic hydroxyl groups is 1. The molecule has 2 aromatic rings. The van der Waals surface area contributed by atoms with E-state index in [0.29, 0.717) is 18.2 Å². The van der Waals surface area contributed by atoms with Crippen LogP contribution in [0.4, 0.5) is 0 Å². The third kappa shape index (κ3) is 6.40. The molecule has 0 aliphatic heterocycles. The fourth-order valence-electron chi connectivity index (χ4n) is 2.11. The molecule has 0 saturated heterocycles. The standard InChI is InChI=1S/C19H24ClNO3/c1-19(21,14-22)11-10-15-2-6-17(7-3-15)23-12-13-24-18-8-4-16(20)5-9-18/h2-9,22H,10-14,21H2,1H3/t19-/m1/s1. The summed E-state index contributed by atoms with van der Waals surface area (Å²) in [6.07, 6.45) is 1.56. The summed E-state index contributed by atoms with van der Waals surface area (Å²) in [6.45, 7) is 2.77. The monoisotopic (exact) mass is 349 g/mol. The zero-order valence-electron chi connectivity index (χ0n) is 13.9. The highest BCUT2D eigenvalue weighted by atomic mass is 35.5. The molecule has 0 bridgehead atoms. The topological polar surface area (TPSA) is 64.7 Å². The van der Waals surface area contributed by atoms with Crippen LogP contribution in [-0.2, 0) is 6.42 Å². The predicted octanol–water partition coefficient (Wildman–Crippen LogP) is 3.44. The number of rotatable bonds is 9. The van der Waals surface area contributed by atoms with Crippen molar-refractivity contribution >= 4 is 11.6 Å². The number of halogens is 1. The van der Waals surface area contributed by atoms with E-state index >= 15 is 0 Å². The first-order valence-corrected chi connectivity index (χ1v) is 8.36. The number of nitrogens with two attached hydrogens (primary N) is 1. The summed E-state index contributed by atoms with van der Waals surface area (Å²) < 4.78 is 11.2. The Bertz CT molecular complexity index is 612. The van der Waals surface area contributed by atoms with Gasteiger partial charge in [0.05, 0.1) is 6.61 Å². The maximum Gasteiger partial charge on any atom is 0.122 e. The Labute approximate surface area is 148 Å². The molecule has 3 N–H and O–H groups in total. The van der Waals surface area contributed by atoms with Crippen LogP contribution in [-0.4, -0.2) is 30.5 Å². The van der Waals surface area contributed by atoms with Crippen LogP contribution in [0.5, 0.6) is 11.5 Å². The number of hydrogen-bond donors (Lipinski definition) is 2. The van der Waals surface area contributed by atoms with E-state index in [2.05, 4.69) is 0 Å². The van der Waals surface area contributed by atoms with Crippen molar-refractivity contribution in [2.45, 2.75) is 25.3 Å². The SMILES string of the molecule is C[C@](N)(CO)CCc1ccc(OCCOc2ccc(Cl)cc2)cc1. The number of benzene rings is 2. The average Bonchev–Trinajstić information content (AvgIpc) is 2.59. The predicted molar refractivity (Wildman–Crippen MR) is 96.9 cm³/mol. The van der Waals surface area contributed by atoms with Gasteiger partial charge in [-0.1, -0.05) is 23.7 Å². The van der Waals surface area contributed by atoms with Gasteiger partial charge in [-0.25, -0.2) is 0 Å². The average molecular weight is 350 g/mol. The highest BCUT2D eigenvalue weighted by Crippen LogP contribution is 2.17. The summed E-state index contributed by atoms with van der Waals surface area (Å²) >= 11 is 5.82. The van der Waals surface area contributed by atoms with E-state index in [1.807, 2.05) is 43.3 Å². The Morgan fingerprint density at radius 3 is 1.96 bits per heavy atom. The molecule has 0 radical (unpaired) electrons. The molecule has 0 amide bonds. The van der Waals surface area contributed by atoms with Gasteiger partial charge in [0.2, 0.25) is 0 Å². The van der Waals surface area contributed by atoms with Gasteiger partial charge in [0.15, 0.2) is 0 Å². The van der Waals surface area contributed by atoms with Crippen molar-refractivity contribution < 1.29 is 14.6 Å². The smallest absolute Gasteiger partial charge is 0.122 e. The van der Waals surface area contributed by atoms with Gasteiger partial charge in [0.1, 0.15) is 24.7 Å². The molecule has 2 aromatic carbocycles. The van der Waals surface area contributed by atoms with Crippen LogP contribution in [0.3, 0.4) is 0 Å². The summed E-state index contributed by atoms with van der Waals surface area (Å²) in [7, 11) is 0. The molecule has 0 spiro atoms. The quantitative estimate of drug-likeness (QED) is 0.681. The lowest BCUT2D eigenvalue weighted by molar-refractivity contribution is 0.200. The van der Waals surface area contributed by atoms with Crippen LogP contribution < -0.4 is 15.2 Å². The molecule has 5 heteroatoms. The first kappa shape index (κ1) is 18.6. The van der Waals surface area contributed by atoms with E-state index in [4.69, 9.17) is 31.9 Å². The van der Waals surface area contributed by atoms with Crippen LogP contribution in [0.1, 0.15) is 18.9 Å². The molecule has 0 unspecified atom stereocenters. The summed E-state index contributed by atoms with van der Waals surface area (Å²) in [5, 5.41) is 9.86. The number of hydrogen-bond acceptors (Lipinski definition) is 4. The summed E-state index contributed by atoms with van der Waals surface area (Å²) in [5.74, 6) is 1.57. The number of aliphatic hydroxyl groups excluding tert-OH is 1.